The first-order chi connectivity index (χ1) is 11.3. The Morgan fingerprint density at radius 1 is 1.21 bits per heavy atom. The SMILES string of the molecule is C[C@@H](OC(=O)c1ccc(Cl)cc1N)C(=O)Nc1ncc(Cl)cc1Cl. The van der Waals surface area contributed by atoms with Crippen molar-refractivity contribution in [2.45, 2.75) is 13.0 Å². The fraction of sp³-hybridized carbons (Fsp3) is 0.133. The highest BCUT2D eigenvalue weighted by atomic mass is 35.5. The minimum Gasteiger partial charge on any atom is -0.449 e. The van der Waals surface area contributed by atoms with E-state index in [4.69, 9.17) is 45.3 Å². The van der Waals surface area contributed by atoms with E-state index in [1.165, 1.54) is 37.4 Å². The van der Waals surface area contributed by atoms with E-state index in [2.05, 4.69) is 10.3 Å². The van der Waals surface area contributed by atoms with Gasteiger partial charge in [0.2, 0.25) is 0 Å². The van der Waals surface area contributed by atoms with E-state index in [1.54, 1.807) is 0 Å². The lowest BCUT2D eigenvalue weighted by molar-refractivity contribution is -0.123. The second kappa shape index (κ2) is 7.70. The van der Waals surface area contributed by atoms with E-state index in [0.29, 0.717) is 10.0 Å². The van der Waals surface area contributed by atoms with Crippen LogP contribution in [0.3, 0.4) is 0 Å². The standard InChI is InChI=1S/C15H12Cl3N3O3/c1-7(14(22)21-13-11(18)4-9(17)6-20-13)24-15(23)10-3-2-8(16)5-12(10)19/h2-7H,19H2,1H3,(H,20,21,22)/t7-/m1/s1. The molecule has 0 aliphatic carbocycles. The molecule has 0 aliphatic rings. The van der Waals surface area contributed by atoms with E-state index in [9.17, 15) is 9.59 Å². The van der Waals surface area contributed by atoms with Gasteiger partial charge < -0.3 is 15.8 Å². The second-order valence-corrected chi connectivity index (χ2v) is 6.03. The highest BCUT2D eigenvalue weighted by Crippen LogP contribution is 2.23. The topological polar surface area (TPSA) is 94.3 Å². The van der Waals surface area contributed by atoms with Gasteiger partial charge in [-0.05, 0) is 31.2 Å². The lowest BCUT2D eigenvalue weighted by Crippen LogP contribution is -2.30. The van der Waals surface area contributed by atoms with Crippen LogP contribution in [-0.4, -0.2) is 23.0 Å². The number of hydrogen-bond donors (Lipinski definition) is 2. The van der Waals surface area contributed by atoms with Crippen molar-refractivity contribution in [3.63, 3.8) is 0 Å². The number of aromatic nitrogens is 1. The Morgan fingerprint density at radius 2 is 1.92 bits per heavy atom. The summed E-state index contributed by atoms with van der Waals surface area (Å²) in [5.74, 6) is -1.24. The number of carbonyl (C=O) groups excluding carboxylic acids is 2. The van der Waals surface area contributed by atoms with Gasteiger partial charge in [0.1, 0.15) is 0 Å². The number of hydrogen-bond acceptors (Lipinski definition) is 5. The molecule has 1 heterocycles. The Hall–Kier alpha value is -2.02. The molecule has 1 atom stereocenters. The number of rotatable bonds is 4. The summed E-state index contributed by atoms with van der Waals surface area (Å²) >= 11 is 17.4. The van der Waals surface area contributed by atoms with Gasteiger partial charge in [0.15, 0.2) is 11.9 Å². The Labute approximate surface area is 152 Å². The summed E-state index contributed by atoms with van der Waals surface area (Å²) in [4.78, 5) is 28.0. The van der Waals surface area contributed by atoms with Crippen molar-refractivity contribution < 1.29 is 14.3 Å². The van der Waals surface area contributed by atoms with Crippen molar-refractivity contribution >= 4 is 58.2 Å². The average molecular weight is 389 g/mol. The molecule has 126 valence electrons. The van der Waals surface area contributed by atoms with E-state index in [1.807, 2.05) is 0 Å². The van der Waals surface area contributed by atoms with E-state index >= 15 is 0 Å². The monoisotopic (exact) mass is 387 g/mol. The van der Waals surface area contributed by atoms with Gasteiger partial charge in [0, 0.05) is 16.9 Å². The predicted octanol–water partition coefficient (Wildman–Crippen LogP) is 3.81. The van der Waals surface area contributed by atoms with Crippen LogP contribution in [0.15, 0.2) is 30.5 Å². The molecule has 1 aromatic heterocycles. The molecule has 0 unspecified atom stereocenters. The van der Waals surface area contributed by atoms with E-state index in [0.717, 1.165) is 0 Å². The minimum atomic E-state index is -1.10. The summed E-state index contributed by atoms with van der Waals surface area (Å²) in [6, 6.07) is 5.76. The van der Waals surface area contributed by atoms with E-state index < -0.39 is 18.0 Å². The van der Waals surface area contributed by atoms with Crippen molar-refractivity contribution in [3.8, 4) is 0 Å². The zero-order valence-corrected chi connectivity index (χ0v) is 14.6. The van der Waals surface area contributed by atoms with Crippen molar-refractivity contribution in [1.82, 2.24) is 4.98 Å². The number of carbonyl (C=O) groups is 2. The van der Waals surface area contributed by atoms with E-state index in [-0.39, 0.29) is 22.1 Å². The van der Waals surface area contributed by atoms with Crippen LogP contribution in [0.2, 0.25) is 15.1 Å². The Bertz CT molecular complexity index is 799. The summed E-state index contributed by atoms with van der Waals surface area (Å²) in [6.07, 6.45) is 0.231. The van der Waals surface area contributed by atoms with Crippen LogP contribution in [-0.2, 0) is 9.53 Å². The summed E-state index contributed by atoms with van der Waals surface area (Å²) in [7, 11) is 0. The van der Waals surface area contributed by atoms with Gasteiger partial charge in [-0.1, -0.05) is 34.8 Å². The van der Waals surface area contributed by atoms with Crippen LogP contribution in [0.25, 0.3) is 0 Å². The fourth-order valence-electron chi connectivity index (χ4n) is 1.72. The van der Waals surface area contributed by atoms with Crippen LogP contribution in [0, 0.1) is 0 Å². The molecule has 0 radical (unpaired) electrons. The Morgan fingerprint density at radius 3 is 2.54 bits per heavy atom. The molecular formula is C15H12Cl3N3O3. The highest BCUT2D eigenvalue weighted by molar-refractivity contribution is 6.36. The first kappa shape index (κ1) is 18.3. The molecule has 0 fully saturated rings. The first-order valence-corrected chi connectivity index (χ1v) is 7.79. The minimum absolute atomic E-state index is 0.111. The lowest BCUT2D eigenvalue weighted by atomic mass is 10.2. The smallest absolute Gasteiger partial charge is 0.341 e. The molecule has 6 nitrogen and oxygen atoms in total. The van der Waals surface area contributed by atoms with Crippen molar-refractivity contribution in [1.29, 1.82) is 0 Å². The number of anilines is 2. The van der Waals surface area contributed by atoms with Gasteiger partial charge in [-0.25, -0.2) is 9.78 Å². The van der Waals surface area contributed by atoms with Gasteiger partial charge in [0.25, 0.3) is 5.91 Å². The molecule has 0 saturated carbocycles. The van der Waals surface area contributed by atoms with Gasteiger partial charge in [-0.2, -0.15) is 0 Å². The van der Waals surface area contributed by atoms with Crippen molar-refractivity contribution in [2.75, 3.05) is 11.1 Å². The summed E-state index contributed by atoms with van der Waals surface area (Å²) in [6.45, 7) is 1.41. The number of nitrogen functional groups attached to an aromatic ring is 1. The van der Waals surface area contributed by atoms with Gasteiger partial charge >= 0.3 is 5.97 Å². The number of amides is 1. The molecular weight excluding hydrogens is 377 g/mol. The first-order valence-electron chi connectivity index (χ1n) is 6.66. The maximum absolute atomic E-state index is 12.1. The molecule has 1 aromatic carbocycles. The number of pyridine rings is 1. The molecule has 24 heavy (non-hydrogen) atoms. The highest BCUT2D eigenvalue weighted by Gasteiger charge is 2.21. The van der Waals surface area contributed by atoms with Gasteiger partial charge in [0.05, 0.1) is 15.6 Å². The Kier molecular flexibility index (Phi) is 5.88. The zero-order chi connectivity index (χ0) is 17.9. The number of ether oxygens (including phenoxy) is 1. The number of nitrogens with two attached hydrogens (primary N) is 1. The third-order valence-electron chi connectivity index (χ3n) is 2.94. The van der Waals surface area contributed by atoms with Crippen LogP contribution in [0.5, 0.6) is 0 Å². The van der Waals surface area contributed by atoms with Crippen LogP contribution in [0.1, 0.15) is 17.3 Å². The number of nitrogens with zero attached hydrogens (tertiary/aromatic N) is 1. The van der Waals surface area contributed by atoms with Crippen molar-refractivity contribution in [3.05, 3.63) is 51.1 Å². The quantitative estimate of drug-likeness (QED) is 0.613. The zero-order valence-electron chi connectivity index (χ0n) is 12.3. The fourth-order valence-corrected chi connectivity index (χ4v) is 2.33. The maximum Gasteiger partial charge on any atom is 0.341 e. The molecule has 0 bridgehead atoms. The second-order valence-electron chi connectivity index (χ2n) is 4.75. The Balaban J connectivity index is 2.04. The maximum atomic E-state index is 12.1. The number of benzene rings is 1. The van der Waals surface area contributed by atoms with Crippen LogP contribution < -0.4 is 11.1 Å². The molecule has 2 rings (SSSR count). The van der Waals surface area contributed by atoms with Crippen LogP contribution in [0.4, 0.5) is 11.5 Å². The third kappa shape index (κ3) is 4.50. The molecule has 0 spiro atoms. The predicted molar refractivity (Wildman–Crippen MR) is 93.6 cm³/mol. The summed E-state index contributed by atoms with van der Waals surface area (Å²) < 4.78 is 5.08. The van der Waals surface area contributed by atoms with Gasteiger partial charge in [-0.15, -0.1) is 0 Å². The number of esters is 1. The summed E-state index contributed by atoms with van der Waals surface area (Å²) in [5, 5.41) is 3.33. The van der Waals surface area contributed by atoms with Crippen molar-refractivity contribution in [2.24, 2.45) is 0 Å². The third-order valence-corrected chi connectivity index (χ3v) is 3.67. The lowest BCUT2D eigenvalue weighted by Gasteiger charge is -2.14. The molecule has 0 saturated heterocycles. The number of nitrogens with one attached hydrogen (secondary N) is 1. The number of halogens is 3. The molecule has 3 N–H and O–H groups in total. The molecule has 9 heteroatoms. The average Bonchev–Trinajstić information content (AvgIpc) is 2.49. The molecule has 2 aromatic rings. The van der Waals surface area contributed by atoms with Crippen LogP contribution >= 0.6 is 34.8 Å². The molecule has 0 aliphatic heterocycles. The normalized spacial score (nSPS) is 11.7. The largest absolute Gasteiger partial charge is 0.449 e. The summed E-state index contributed by atoms with van der Waals surface area (Å²) in [5.41, 5.74) is 5.97. The van der Waals surface area contributed by atoms with Gasteiger partial charge in [-0.3, -0.25) is 4.79 Å². The molecule has 1 amide bonds.